The number of ether oxygens (including phenoxy) is 2. The Kier molecular flexibility index (Phi) is 10.2. The molecule has 3 atom stereocenters. The van der Waals surface area contributed by atoms with E-state index in [1.807, 2.05) is 39.1 Å². The van der Waals surface area contributed by atoms with Crippen molar-refractivity contribution in [2.45, 2.75) is 66.2 Å². The Balaban J connectivity index is 0.000000201. The van der Waals surface area contributed by atoms with Gasteiger partial charge in [0.1, 0.15) is 30.0 Å². The fraction of sp³-hybridized carbons (Fsp3) is 0.353. The van der Waals surface area contributed by atoms with Crippen LogP contribution in [0.2, 0.25) is 5.02 Å². The molecule has 5 rings (SSSR count). The average Bonchev–Trinajstić information content (AvgIpc) is 2.91. The molecule has 6 nitrogen and oxygen atoms in total. The van der Waals surface area contributed by atoms with Crippen LogP contribution in [0, 0.1) is 25.6 Å². The van der Waals surface area contributed by atoms with Crippen LogP contribution in [0.25, 0.3) is 22.3 Å². The summed E-state index contributed by atoms with van der Waals surface area (Å²) in [6.45, 7) is 12.4. The zero-order valence-electron chi connectivity index (χ0n) is 25.0. The Morgan fingerprint density at radius 3 is 2.29 bits per heavy atom. The van der Waals surface area contributed by atoms with E-state index in [-0.39, 0.29) is 12.1 Å². The summed E-state index contributed by atoms with van der Waals surface area (Å²) >= 11 is 5.74. The molecule has 0 aliphatic carbocycles. The first-order valence-electron chi connectivity index (χ1n) is 14.2. The van der Waals surface area contributed by atoms with Gasteiger partial charge in [0.25, 0.3) is 0 Å². The minimum atomic E-state index is -0.705. The van der Waals surface area contributed by atoms with Gasteiger partial charge in [0.15, 0.2) is 0 Å². The van der Waals surface area contributed by atoms with E-state index in [0.717, 1.165) is 40.4 Å². The molecule has 0 spiro atoms. The number of benzene rings is 2. The zero-order valence-corrected chi connectivity index (χ0v) is 25.7. The Morgan fingerprint density at radius 1 is 0.952 bits per heavy atom. The van der Waals surface area contributed by atoms with E-state index in [2.05, 4.69) is 35.9 Å². The van der Waals surface area contributed by atoms with Crippen molar-refractivity contribution in [2.75, 3.05) is 6.61 Å². The third-order valence-corrected chi connectivity index (χ3v) is 7.27. The molecule has 42 heavy (non-hydrogen) atoms. The second kappa shape index (κ2) is 13.6. The molecule has 0 bridgehead atoms. The number of aliphatic hydroxyl groups is 1. The van der Waals surface area contributed by atoms with Crippen LogP contribution in [-0.2, 0) is 0 Å². The van der Waals surface area contributed by atoms with Crippen molar-refractivity contribution >= 4 is 11.6 Å². The van der Waals surface area contributed by atoms with Crippen LogP contribution in [0.3, 0.4) is 0 Å². The number of pyridine rings is 2. The number of hydrogen-bond acceptors (Lipinski definition) is 6. The highest BCUT2D eigenvalue weighted by molar-refractivity contribution is 6.30. The van der Waals surface area contributed by atoms with Crippen molar-refractivity contribution in [1.29, 1.82) is 0 Å². The molecule has 1 aliphatic rings. The van der Waals surface area contributed by atoms with Gasteiger partial charge in [0.2, 0.25) is 0 Å². The van der Waals surface area contributed by atoms with Crippen LogP contribution >= 0.6 is 11.6 Å². The maximum atomic E-state index is 13.9. The quantitative estimate of drug-likeness (QED) is 0.225. The Hall–Kier alpha value is -3.52. The van der Waals surface area contributed by atoms with Crippen molar-refractivity contribution < 1.29 is 19.0 Å². The summed E-state index contributed by atoms with van der Waals surface area (Å²) in [5.74, 6) is 1.82. The van der Waals surface area contributed by atoms with E-state index >= 15 is 0 Å². The number of aliphatic hydroxyl groups excluding tert-OH is 1. The van der Waals surface area contributed by atoms with Gasteiger partial charge in [0.05, 0.1) is 6.10 Å². The van der Waals surface area contributed by atoms with E-state index in [1.54, 1.807) is 31.3 Å². The largest absolute Gasteiger partial charge is 0.492 e. The van der Waals surface area contributed by atoms with Gasteiger partial charge >= 0.3 is 0 Å². The molecular formula is C34H39ClFN3O3. The number of aryl methyl sites for hydroxylation is 2. The molecule has 2 unspecified atom stereocenters. The van der Waals surface area contributed by atoms with E-state index in [0.29, 0.717) is 34.2 Å². The summed E-state index contributed by atoms with van der Waals surface area (Å²) in [5.41, 5.74) is 12.9. The van der Waals surface area contributed by atoms with Crippen molar-refractivity contribution in [3.8, 4) is 33.8 Å². The van der Waals surface area contributed by atoms with Crippen LogP contribution in [0.4, 0.5) is 4.39 Å². The van der Waals surface area contributed by atoms with Crippen LogP contribution in [-0.4, -0.2) is 27.7 Å². The van der Waals surface area contributed by atoms with Crippen molar-refractivity contribution in [3.05, 3.63) is 94.3 Å². The monoisotopic (exact) mass is 591 g/mol. The molecule has 0 amide bonds. The smallest absolute Gasteiger partial charge is 0.132 e. The van der Waals surface area contributed by atoms with Gasteiger partial charge in [-0.1, -0.05) is 25.4 Å². The lowest BCUT2D eigenvalue weighted by Gasteiger charge is -2.27. The molecule has 222 valence electrons. The maximum absolute atomic E-state index is 13.9. The molecule has 2 aromatic heterocycles. The van der Waals surface area contributed by atoms with Crippen LogP contribution in [0.5, 0.6) is 11.5 Å². The molecule has 0 saturated carbocycles. The highest BCUT2D eigenvalue weighted by atomic mass is 35.5. The summed E-state index contributed by atoms with van der Waals surface area (Å²) in [6.07, 6.45) is 3.72. The molecule has 8 heteroatoms. The lowest BCUT2D eigenvalue weighted by Crippen LogP contribution is -2.29. The maximum Gasteiger partial charge on any atom is 0.132 e. The standard InChI is InChI=1S/C20H26N2O2.C14H13ClFNO/c1-12(2)7-15(21)11-23-16-5-6-17-18-8-13(3)22-10-19(18)14(4)24-20(17)9-16;1-8-5-12(13(7-17-8)9(2)18)11-4-3-10(15)6-14(11)16/h5-6,8-10,12,14-15H,7,11,21H2,1-4H3;3-7,9,18H,1-2H3/t14?,15-;/m0./s1. The number of hydrogen-bond donors (Lipinski definition) is 2. The molecule has 0 saturated heterocycles. The van der Waals surface area contributed by atoms with Gasteiger partial charge in [-0.2, -0.15) is 0 Å². The number of rotatable bonds is 7. The summed E-state index contributed by atoms with van der Waals surface area (Å²) in [4.78, 5) is 8.51. The minimum absolute atomic E-state index is 0.0148. The summed E-state index contributed by atoms with van der Waals surface area (Å²) in [7, 11) is 0. The predicted octanol–water partition coefficient (Wildman–Crippen LogP) is 8.17. The molecule has 3 heterocycles. The summed E-state index contributed by atoms with van der Waals surface area (Å²) in [6, 6.07) is 14.4. The van der Waals surface area contributed by atoms with E-state index in [4.69, 9.17) is 26.8 Å². The zero-order chi connectivity index (χ0) is 30.6. The fourth-order valence-electron chi connectivity index (χ4n) is 5.02. The Morgan fingerprint density at radius 2 is 1.62 bits per heavy atom. The first kappa shape index (κ1) is 31.4. The normalized spacial score (nSPS) is 15.1. The molecule has 0 radical (unpaired) electrons. The van der Waals surface area contributed by atoms with E-state index in [1.165, 1.54) is 11.6 Å². The predicted molar refractivity (Wildman–Crippen MR) is 166 cm³/mol. The lowest BCUT2D eigenvalue weighted by atomic mass is 9.94. The molecular weight excluding hydrogens is 553 g/mol. The second-order valence-corrected chi connectivity index (χ2v) is 11.7. The van der Waals surface area contributed by atoms with Gasteiger partial charge in [-0.25, -0.2) is 4.39 Å². The van der Waals surface area contributed by atoms with E-state index in [9.17, 15) is 9.50 Å². The Bertz CT molecular complexity index is 1540. The number of aromatic nitrogens is 2. The Labute approximate surface area is 252 Å². The minimum Gasteiger partial charge on any atom is -0.492 e. The van der Waals surface area contributed by atoms with E-state index < -0.39 is 11.9 Å². The van der Waals surface area contributed by atoms with Crippen molar-refractivity contribution in [1.82, 2.24) is 9.97 Å². The van der Waals surface area contributed by atoms with Crippen molar-refractivity contribution in [3.63, 3.8) is 0 Å². The number of fused-ring (bicyclic) bond motifs is 3. The SMILES string of the molecule is Cc1cc(-c2ccc(Cl)cc2F)c(C(C)O)cn1.Cc1cc2c(cn1)C(C)Oc1cc(OC[C@@H](N)CC(C)C)ccc1-2. The average molecular weight is 592 g/mol. The third kappa shape index (κ3) is 7.65. The van der Waals surface area contributed by atoms with Crippen molar-refractivity contribution in [2.24, 2.45) is 11.7 Å². The first-order chi connectivity index (χ1) is 19.9. The lowest BCUT2D eigenvalue weighted by molar-refractivity contribution is 0.199. The summed E-state index contributed by atoms with van der Waals surface area (Å²) < 4.78 is 25.8. The van der Waals surface area contributed by atoms with Gasteiger partial charge in [-0.3, -0.25) is 9.97 Å². The molecule has 2 aromatic carbocycles. The molecule has 0 fully saturated rings. The summed E-state index contributed by atoms with van der Waals surface area (Å²) in [5, 5.41) is 10.1. The highest BCUT2D eigenvalue weighted by Crippen LogP contribution is 2.43. The first-order valence-corrected chi connectivity index (χ1v) is 14.6. The third-order valence-electron chi connectivity index (χ3n) is 7.04. The van der Waals surface area contributed by atoms with Crippen LogP contribution < -0.4 is 15.2 Å². The van der Waals surface area contributed by atoms with Crippen LogP contribution in [0.15, 0.2) is 60.9 Å². The van der Waals surface area contributed by atoms with Gasteiger partial charge in [0, 0.05) is 63.2 Å². The number of halogens is 2. The molecule has 4 aromatic rings. The molecule has 3 N–H and O–H groups in total. The highest BCUT2D eigenvalue weighted by Gasteiger charge is 2.24. The number of nitrogens with zero attached hydrogens (tertiary/aromatic N) is 2. The van der Waals surface area contributed by atoms with Gasteiger partial charge in [-0.05, 0) is 93.6 Å². The van der Waals surface area contributed by atoms with Gasteiger partial charge in [-0.15, -0.1) is 0 Å². The molecule has 1 aliphatic heterocycles. The topological polar surface area (TPSA) is 90.5 Å². The number of nitrogens with two attached hydrogens (primary N) is 1. The van der Waals surface area contributed by atoms with Gasteiger partial charge < -0.3 is 20.3 Å². The second-order valence-electron chi connectivity index (χ2n) is 11.2. The van der Waals surface area contributed by atoms with Crippen LogP contribution in [0.1, 0.15) is 68.8 Å². The fourth-order valence-corrected chi connectivity index (χ4v) is 5.17.